The molecule has 0 aromatic heterocycles. The van der Waals surface area contributed by atoms with Crippen LogP contribution in [0.15, 0.2) is 18.2 Å². The van der Waals surface area contributed by atoms with Crippen LogP contribution < -0.4 is 5.32 Å². The molecule has 0 spiro atoms. The lowest BCUT2D eigenvalue weighted by atomic mass is 10.1. The van der Waals surface area contributed by atoms with Crippen LogP contribution in [0.1, 0.15) is 30.9 Å². The van der Waals surface area contributed by atoms with Crippen molar-refractivity contribution in [1.29, 1.82) is 0 Å². The number of aryl methyl sites for hydroxylation is 1. The van der Waals surface area contributed by atoms with Gasteiger partial charge in [0.25, 0.3) is 0 Å². The highest BCUT2D eigenvalue weighted by molar-refractivity contribution is 6.45. The van der Waals surface area contributed by atoms with E-state index in [-0.39, 0.29) is 6.54 Å². The summed E-state index contributed by atoms with van der Waals surface area (Å²) in [6.07, 6.45) is 1.41. The number of anilines is 1. The van der Waals surface area contributed by atoms with Crippen molar-refractivity contribution in [1.82, 2.24) is 9.80 Å². The number of benzene rings is 1. The van der Waals surface area contributed by atoms with Gasteiger partial charge >= 0.3 is 17.8 Å². The lowest BCUT2D eigenvalue weighted by Gasteiger charge is -2.16. The molecule has 1 aliphatic rings. The number of unbranched alkanes of at least 4 members (excludes halogenated alkanes) is 1. The molecule has 1 fully saturated rings. The molecule has 1 aliphatic heterocycles. The minimum Gasteiger partial charge on any atom is -0.324 e. The van der Waals surface area contributed by atoms with E-state index in [1.165, 1.54) is 0 Å². The fraction of sp³-hybridized carbons (Fsp3) is 0.412. The maximum Gasteiger partial charge on any atom is 0.334 e. The number of carbonyl (C=O) groups is 4. The van der Waals surface area contributed by atoms with Crippen molar-refractivity contribution in [3.05, 3.63) is 29.3 Å². The van der Waals surface area contributed by atoms with E-state index in [4.69, 9.17) is 0 Å². The maximum absolute atomic E-state index is 12.2. The molecule has 1 aromatic rings. The zero-order chi connectivity index (χ0) is 17.9. The Bertz CT molecular complexity index is 699. The Morgan fingerprint density at radius 2 is 1.75 bits per heavy atom. The van der Waals surface area contributed by atoms with Crippen molar-refractivity contribution < 1.29 is 19.2 Å². The molecule has 1 heterocycles. The van der Waals surface area contributed by atoms with Crippen LogP contribution in [-0.2, 0) is 14.4 Å². The second-order valence-electron chi connectivity index (χ2n) is 5.78. The molecule has 24 heavy (non-hydrogen) atoms. The second-order valence-corrected chi connectivity index (χ2v) is 5.78. The van der Waals surface area contributed by atoms with Gasteiger partial charge in [0.2, 0.25) is 5.91 Å². The smallest absolute Gasteiger partial charge is 0.324 e. The van der Waals surface area contributed by atoms with Crippen LogP contribution in [-0.4, -0.2) is 46.6 Å². The highest BCUT2D eigenvalue weighted by atomic mass is 16.2. The maximum atomic E-state index is 12.2. The van der Waals surface area contributed by atoms with Gasteiger partial charge in [-0.3, -0.25) is 19.3 Å². The zero-order valence-electron chi connectivity index (χ0n) is 14.1. The summed E-state index contributed by atoms with van der Waals surface area (Å²) in [7, 11) is 0. The predicted octanol–water partition coefficient (Wildman–Crippen LogP) is 1.83. The number of nitrogens with zero attached hydrogens (tertiary/aromatic N) is 2. The normalized spacial score (nSPS) is 14.5. The second kappa shape index (κ2) is 7.25. The molecule has 0 bridgehead atoms. The molecule has 1 N–H and O–H groups in total. The fourth-order valence-corrected chi connectivity index (χ4v) is 2.42. The van der Waals surface area contributed by atoms with Crippen molar-refractivity contribution in [2.45, 2.75) is 33.6 Å². The highest BCUT2D eigenvalue weighted by Gasteiger charge is 2.44. The van der Waals surface area contributed by atoms with Crippen LogP contribution in [0, 0.1) is 13.8 Å². The number of carbonyl (C=O) groups excluding carboxylic acids is 4. The van der Waals surface area contributed by atoms with Crippen LogP contribution in [0.4, 0.5) is 10.5 Å². The van der Waals surface area contributed by atoms with Crippen molar-refractivity contribution in [3.63, 3.8) is 0 Å². The van der Waals surface area contributed by atoms with Gasteiger partial charge in [-0.25, -0.2) is 9.69 Å². The summed E-state index contributed by atoms with van der Waals surface area (Å²) in [6.45, 7) is 5.42. The average molecular weight is 331 g/mol. The molecule has 0 aliphatic carbocycles. The third-order valence-electron chi connectivity index (χ3n) is 4.05. The van der Waals surface area contributed by atoms with Crippen LogP contribution in [0.2, 0.25) is 0 Å². The molecule has 0 radical (unpaired) electrons. The molecule has 1 aromatic carbocycles. The van der Waals surface area contributed by atoms with Crippen molar-refractivity contribution in [2.75, 3.05) is 18.4 Å². The average Bonchev–Trinajstić information content (AvgIpc) is 2.74. The third-order valence-corrected chi connectivity index (χ3v) is 4.05. The van der Waals surface area contributed by atoms with Crippen molar-refractivity contribution in [2.24, 2.45) is 0 Å². The molecule has 5 amide bonds. The summed E-state index contributed by atoms with van der Waals surface area (Å²) >= 11 is 0. The topological polar surface area (TPSA) is 86.8 Å². The van der Waals surface area contributed by atoms with Gasteiger partial charge in [0.05, 0.1) is 0 Å². The number of nitrogens with one attached hydrogen (secondary N) is 1. The van der Waals surface area contributed by atoms with Gasteiger partial charge < -0.3 is 5.32 Å². The first kappa shape index (κ1) is 17.7. The van der Waals surface area contributed by atoms with Crippen LogP contribution in [0.3, 0.4) is 0 Å². The van der Waals surface area contributed by atoms with E-state index in [2.05, 4.69) is 5.32 Å². The SMILES string of the molecule is CCCCN1C(=O)C(=O)N(CC(=O)Nc2cccc(C)c2C)C1=O. The third kappa shape index (κ3) is 3.45. The van der Waals surface area contributed by atoms with Gasteiger partial charge in [-0.1, -0.05) is 25.5 Å². The first-order valence-electron chi connectivity index (χ1n) is 7.90. The van der Waals surface area contributed by atoms with E-state index in [9.17, 15) is 19.2 Å². The summed E-state index contributed by atoms with van der Waals surface area (Å²) in [6, 6.07) is 4.74. The fourth-order valence-electron chi connectivity index (χ4n) is 2.42. The summed E-state index contributed by atoms with van der Waals surface area (Å²) in [5.74, 6) is -2.34. The van der Waals surface area contributed by atoms with E-state index in [1.54, 1.807) is 12.1 Å². The quantitative estimate of drug-likeness (QED) is 0.636. The van der Waals surface area contributed by atoms with Gasteiger partial charge in [0, 0.05) is 12.2 Å². The van der Waals surface area contributed by atoms with Crippen molar-refractivity contribution in [3.8, 4) is 0 Å². The zero-order valence-corrected chi connectivity index (χ0v) is 14.1. The van der Waals surface area contributed by atoms with E-state index in [0.717, 1.165) is 22.4 Å². The molecule has 0 saturated carbocycles. The van der Waals surface area contributed by atoms with Crippen molar-refractivity contribution >= 4 is 29.4 Å². The Kier molecular flexibility index (Phi) is 5.33. The monoisotopic (exact) mass is 331 g/mol. The summed E-state index contributed by atoms with van der Waals surface area (Å²) in [4.78, 5) is 49.7. The Morgan fingerprint density at radius 1 is 1.08 bits per heavy atom. The highest BCUT2D eigenvalue weighted by Crippen LogP contribution is 2.18. The number of imide groups is 2. The van der Waals surface area contributed by atoms with Gasteiger partial charge in [-0.05, 0) is 37.5 Å². The summed E-state index contributed by atoms with van der Waals surface area (Å²) in [5.41, 5.74) is 2.54. The van der Waals surface area contributed by atoms with E-state index in [0.29, 0.717) is 17.0 Å². The minimum absolute atomic E-state index is 0.189. The molecule has 0 atom stereocenters. The number of urea groups is 1. The standard InChI is InChI=1S/C17H21N3O4/c1-4-5-9-19-15(22)16(23)20(17(19)24)10-14(21)18-13-8-6-7-11(2)12(13)3/h6-8H,4-5,9-10H2,1-3H3,(H,18,21). The van der Waals surface area contributed by atoms with Gasteiger partial charge in [-0.15, -0.1) is 0 Å². The van der Waals surface area contributed by atoms with Crippen LogP contribution in [0.5, 0.6) is 0 Å². The van der Waals surface area contributed by atoms with Crippen LogP contribution in [0.25, 0.3) is 0 Å². The largest absolute Gasteiger partial charge is 0.334 e. The molecule has 2 rings (SSSR count). The van der Waals surface area contributed by atoms with E-state index in [1.807, 2.05) is 26.8 Å². The molecule has 128 valence electrons. The Morgan fingerprint density at radius 3 is 2.42 bits per heavy atom. The lowest BCUT2D eigenvalue weighted by molar-refractivity contribution is -0.143. The number of amides is 5. The molecule has 7 heteroatoms. The molecule has 7 nitrogen and oxygen atoms in total. The Labute approximate surface area is 140 Å². The minimum atomic E-state index is -0.952. The Hall–Kier alpha value is -2.70. The van der Waals surface area contributed by atoms with E-state index >= 15 is 0 Å². The van der Waals surface area contributed by atoms with E-state index < -0.39 is 30.3 Å². The summed E-state index contributed by atoms with van der Waals surface area (Å²) < 4.78 is 0. The first-order chi connectivity index (χ1) is 11.4. The summed E-state index contributed by atoms with van der Waals surface area (Å²) in [5, 5.41) is 2.68. The lowest BCUT2D eigenvalue weighted by Crippen LogP contribution is -2.39. The van der Waals surface area contributed by atoms with Gasteiger partial charge in [0.15, 0.2) is 0 Å². The number of hydrogen-bond donors (Lipinski definition) is 1. The molecular weight excluding hydrogens is 310 g/mol. The number of rotatable bonds is 6. The van der Waals surface area contributed by atoms with Gasteiger partial charge in [0.1, 0.15) is 6.54 Å². The van der Waals surface area contributed by atoms with Gasteiger partial charge in [-0.2, -0.15) is 0 Å². The molecule has 0 unspecified atom stereocenters. The number of hydrogen-bond acceptors (Lipinski definition) is 4. The first-order valence-corrected chi connectivity index (χ1v) is 7.90. The predicted molar refractivity (Wildman–Crippen MR) is 88.3 cm³/mol. The molecule has 1 saturated heterocycles. The Balaban J connectivity index is 2.06. The molecular formula is C17H21N3O4. The van der Waals surface area contributed by atoms with Crippen LogP contribution >= 0.6 is 0 Å².